The van der Waals surface area contributed by atoms with Crippen molar-refractivity contribution in [1.29, 1.82) is 0 Å². The molecule has 0 atom stereocenters. The summed E-state index contributed by atoms with van der Waals surface area (Å²) in [6.45, 7) is -0.576. The molecule has 1 amide bonds. The van der Waals surface area contributed by atoms with Gasteiger partial charge >= 0.3 is 6.18 Å². The molecule has 7 nitrogen and oxygen atoms in total. The van der Waals surface area contributed by atoms with Crippen molar-refractivity contribution < 1.29 is 35.9 Å². The molecule has 3 aromatic carbocycles. The first-order valence-electron chi connectivity index (χ1n) is 11.6. The van der Waals surface area contributed by atoms with E-state index >= 15 is 0 Å². The second-order valence-electron chi connectivity index (χ2n) is 8.21. The number of methoxy groups -OCH3 is 2. The summed E-state index contributed by atoms with van der Waals surface area (Å²) in [5.74, 6) is 0.663. The number of alkyl halides is 3. The molecule has 0 aliphatic heterocycles. The van der Waals surface area contributed by atoms with Crippen molar-refractivity contribution in [2.24, 2.45) is 0 Å². The van der Waals surface area contributed by atoms with Crippen LogP contribution in [0.15, 0.2) is 65.6 Å². The normalized spacial score (nSPS) is 11.7. The van der Waals surface area contributed by atoms with E-state index in [0.717, 1.165) is 17.7 Å². The van der Waals surface area contributed by atoms with Crippen LogP contribution >= 0.6 is 35.0 Å². The summed E-state index contributed by atoms with van der Waals surface area (Å²) in [5, 5.41) is 3.64. The Hall–Kier alpha value is -2.80. The predicted octanol–water partition coefficient (Wildman–Crippen LogP) is 6.27. The third kappa shape index (κ3) is 8.12. The van der Waals surface area contributed by atoms with Gasteiger partial charge in [-0.25, -0.2) is 8.42 Å². The lowest BCUT2D eigenvalue weighted by molar-refractivity contribution is -0.137. The minimum absolute atomic E-state index is 0.0924. The lowest BCUT2D eigenvalue weighted by Gasteiger charge is -2.25. The molecule has 0 bridgehead atoms. The van der Waals surface area contributed by atoms with E-state index in [-0.39, 0.29) is 28.6 Å². The van der Waals surface area contributed by atoms with Crippen molar-refractivity contribution in [2.75, 3.05) is 37.4 Å². The Bertz CT molecular complexity index is 1460. The van der Waals surface area contributed by atoms with Crippen LogP contribution in [0.4, 0.5) is 18.9 Å². The van der Waals surface area contributed by atoms with Crippen LogP contribution < -0.4 is 19.1 Å². The minimum atomic E-state index is -4.72. The Labute approximate surface area is 244 Å². The average Bonchev–Trinajstić information content (AvgIpc) is 2.91. The molecule has 0 saturated carbocycles. The van der Waals surface area contributed by atoms with Crippen molar-refractivity contribution >= 4 is 56.6 Å². The summed E-state index contributed by atoms with van der Waals surface area (Å²) < 4.78 is 78.4. The third-order valence-electron chi connectivity index (χ3n) is 5.53. The molecular formula is C26H25Cl2F3N2O5S2. The van der Waals surface area contributed by atoms with Crippen LogP contribution in [-0.2, 0) is 26.7 Å². The van der Waals surface area contributed by atoms with E-state index in [1.165, 1.54) is 50.2 Å². The SMILES string of the molecule is COc1ccc(S(=O)(=O)N(CC(=O)NCCSCc2ccc(Cl)cc2Cl)c2cccc(C(F)(F)F)c2)cc1OC. The predicted molar refractivity (Wildman–Crippen MR) is 151 cm³/mol. The van der Waals surface area contributed by atoms with Crippen molar-refractivity contribution in [3.63, 3.8) is 0 Å². The number of hydrogen-bond acceptors (Lipinski definition) is 6. The quantitative estimate of drug-likeness (QED) is 0.236. The van der Waals surface area contributed by atoms with E-state index in [1.807, 2.05) is 0 Å². The van der Waals surface area contributed by atoms with Crippen LogP contribution in [-0.4, -0.2) is 47.4 Å². The standard InChI is InChI=1S/C26H25Cl2F3N2O5S2/c1-37-23-9-8-21(14-24(23)38-2)40(35,36)33(20-5-3-4-18(12-20)26(29,30)31)15-25(34)32-10-11-39-16-17-6-7-19(27)13-22(17)28/h3-9,12-14H,10-11,15-16H2,1-2H3,(H,32,34). The molecule has 0 aliphatic carbocycles. The van der Waals surface area contributed by atoms with Crippen LogP contribution in [0.5, 0.6) is 11.5 Å². The number of sulfonamides is 1. The van der Waals surface area contributed by atoms with Gasteiger partial charge in [0.1, 0.15) is 6.54 Å². The summed E-state index contributed by atoms with van der Waals surface area (Å²) in [6, 6.07) is 12.6. The molecule has 0 unspecified atom stereocenters. The number of carbonyl (C=O) groups is 1. The van der Waals surface area contributed by atoms with Crippen LogP contribution in [0, 0.1) is 0 Å². The maximum absolute atomic E-state index is 13.6. The number of carbonyl (C=O) groups excluding carboxylic acids is 1. The molecule has 1 N–H and O–H groups in total. The third-order valence-corrected chi connectivity index (χ3v) is 8.90. The molecule has 0 spiro atoms. The van der Waals surface area contributed by atoms with Gasteiger partial charge in [-0.05, 0) is 48.0 Å². The van der Waals surface area contributed by atoms with Crippen LogP contribution in [0.1, 0.15) is 11.1 Å². The highest BCUT2D eigenvalue weighted by molar-refractivity contribution is 7.98. The number of benzene rings is 3. The molecule has 0 aliphatic rings. The van der Waals surface area contributed by atoms with Gasteiger partial charge in [0.05, 0.1) is 30.4 Å². The Balaban J connectivity index is 1.79. The first-order chi connectivity index (χ1) is 18.9. The van der Waals surface area contributed by atoms with Gasteiger partial charge < -0.3 is 14.8 Å². The van der Waals surface area contributed by atoms with Gasteiger partial charge in [0, 0.05) is 34.2 Å². The Morgan fingerprint density at radius 1 is 1.00 bits per heavy atom. The van der Waals surface area contributed by atoms with E-state index in [0.29, 0.717) is 31.9 Å². The second-order valence-corrected chi connectivity index (χ2v) is 12.0. The lowest BCUT2D eigenvalue weighted by Crippen LogP contribution is -2.41. The summed E-state index contributed by atoms with van der Waals surface area (Å²) in [5.41, 5.74) is -0.527. The first-order valence-corrected chi connectivity index (χ1v) is 14.9. The molecular weight excluding hydrogens is 612 g/mol. The molecule has 216 valence electrons. The zero-order valence-electron chi connectivity index (χ0n) is 21.3. The topological polar surface area (TPSA) is 84.9 Å². The number of thioether (sulfide) groups is 1. The van der Waals surface area contributed by atoms with Crippen LogP contribution in [0.2, 0.25) is 10.0 Å². The maximum Gasteiger partial charge on any atom is 0.416 e. The first kappa shape index (κ1) is 31.7. The largest absolute Gasteiger partial charge is 0.493 e. The fraction of sp³-hybridized carbons (Fsp3) is 0.269. The highest BCUT2D eigenvalue weighted by atomic mass is 35.5. The molecule has 3 rings (SSSR count). The highest BCUT2D eigenvalue weighted by Crippen LogP contribution is 2.35. The molecule has 14 heteroatoms. The number of nitrogens with zero attached hydrogens (tertiary/aromatic N) is 1. The zero-order chi connectivity index (χ0) is 29.5. The smallest absolute Gasteiger partial charge is 0.416 e. The molecule has 0 saturated heterocycles. The van der Waals surface area contributed by atoms with Crippen molar-refractivity contribution in [3.8, 4) is 11.5 Å². The van der Waals surface area contributed by atoms with Gasteiger partial charge in [0.2, 0.25) is 5.91 Å². The molecule has 0 radical (unpaired) electrons. The molecule has 3 aromatic rings. The van der Waals surface area contributed by atoms with E-state index in [9.17, 15) is 26.4 Å². The van der Waals surface area contributed by atoms with Gasteiger partial charge in [0.15, 0.2) is 11.5 Å². The van der Waals surface area contributed by atoms with E-state index in [2.05, 4.69) is 5.32 Å². The monoisotopic (exact) mass is 636 g/mol. The fourth-order valence-electron chi connectivity index (χ4n) is 3.53. The maximum atomic E-state index is 13.6. The van der Waals surface area contributed by atoms with E-state index in [4.69, 9.17) is 32.7 Å². The zero-order valence-corrected chi connectivity index (χ0v) is 24.4. The molecule has 0 heterocycles. The molecule has 0 aromatic heterocycles. The Morgan fingerprint density at radius 2 is 1.73 bits per heavy atom. The highest BCUT2D eigenvalue weighted by Gasteiger charge is 2.33. The van der Waals surface area contributed by atoms with Gasteiger partial charge in [0.25, 0.3) is 10.0 Å². The van der Waals surface area contributed by atoms with Crippen LogP contribution in [0.3, 0.4) is 0 Å². The Kier molecular flexibility index (Phi) is 10.9. The van der Waals surface area contributed by atoms with E-state index in [1.54, 1.807) is 18.2 Å². The van der Waals surface area contributed by atoms with Crippen LogP contribution in [0.25, 0.3) is 0 Å². The number of halogens is 5. The average molecular weight is 638 g/mol. The summed E-state index contributed by atoms with van der Waals surface area (Å²) >= 11 is 13.5. The Morgan fingerprint density at radius 3 is 2.38 bits per heavy atom. The van der Waals surface area contributed by atoms with Gasteiger partial charge in [-0.3, -0.25) is 9.10 Å². The van der Waals surface area contributed by atoms with Crippen molar-refractivity contribution in [2.45, 2.75) is 16.8 Å². The number of amides is 1. The summed E-state index contributed by atoms with van der Waals surface area (Å²) in [4.78, 5) is 12.5. The lowest BCUT2D eigenvalue weighted by atomic mass is 10.2. The van der Waals surface area contributed by atoms with E-state index < -0.39 is 34.2 Å². The van der Waals surface area contributed by atoms with Crippen molar-refractivity contribution in [1.82, 2.24) is 5.32 Å². The minimum Gasteiger partial charge on any atom is -0.493 e. The molecule has 0 fully saturated rings. The number of hydrogen-bond donors (Lipinski definition) is 1. The van der Waals surface area contributed by atoms with Gasteiger partial charge in [-0.2, -0.15) is 24.9 Å². The molecule has 40 heavy (non-hydrogen) atoms. The number of ether oxygens (including phenoxy) is 2. The number of nitrogens with one attached hydrogen (secondary N) is 1. The second kappa shape index (κ2) is 13.7. The fourth-order valence-corrected chi connectivity index (χ4v) is 6.37. The van der Waals surface area contributed by atoms with Crippen molar-refractivity contribution in [3.05, 3.63) is 81.8 Å². The summed E-state index contributed by atoms with van der Waals surface area (Å²) in [7, 11) is -1.83. The summed E-state index contributed by atoms with van der Waals surface area (Å²) in [6.07, 6.45) is -4.72. The van der Waals surface area contributed by atoms with Gasteiger partial charge in [-0.1, -0.05) is 35.3 Å². The van der Waals surface area contributed by atoms with Gasteiger partial charge in [-0.15, -0.1) is 0 Å². The number of rotatable bonds is 12. The number of anilines is 1.